The van der Waals surface area contributed by atoms with E-state index in [-0.39, 0.29) is 12.5 Å². The van der Waals surface area contributed by atoms with Crippen LogP contribution in [0.2, 0.25) is 0 Å². The highest BCUT2D eigenvalue weighted by Gasteiger charge is 2.17. The van der Waals surface area contributed by atoms with E-state index < -0.39 is 6.10 Å². The van der Waals surface area contributed by atoms with Gasteiger partial charge in [0.15, 0.2) is 6.61 Å². The monoisotopic (exact) mass is 279 g/mol. The Bertz CT molecular complexity index is 467. The molecule has 5 nitrogen and oxygen atoms in total. The first-order valence-corrected chi connectivity index (χ1v) is 6.85. The Labute approximate surface area is 119 Å². The van der Waals surface area contributed by atoms with Crippen LogP contribution < -0.4 is 4.74 Å². The summed E-state index contributed by atoms with van der Waals surface area (Å²) in [7, 11) is 0. The SMILES string of the molecule is Cc1cc([C@@H](C)O)ccc1OCC(=O)N1CCOCC1. The molecule has 0 radical (unpaired) electrons. The van der Waals surface area contributed by atoms with Gasteiger partial charge in [0.1, 0.15) is 5.75 Å². The first-order valence-electron chi connectivity index (χ1n) is 6.85. The van der Waals surface area contributed by atoms with Crippen molar-refractivity contribution in [1.82, 2.24) is 4.90 Å². The molecule has 0 saturated carbocycles. The van der Waals surface area contributed by atoms with E-state index in [1.807, 2.05) is 19.1 Å². The summed E-state index contributed by atoms with van der Waals surface area (Å²) in [5.74, 6) is 0.656. The first-order chi connectivity index (χ1) is 9.58. The normalized spacial score (nSPS) is 16.9. The van der Waals surface area contributed by atoms with E-state index in [9.17, 15) is 9.90 Å². The van der Waals surface area contributed by atoms with E-state index in [2.05, 4.69) is 0 Å². The quantitative estimate of drug-likeness (QED) is 0.902. The summed E-state index contributed by atoms with van der Waals surface area (Å²) in [6.45, 7) is 6.10. The van der Waals surface area contributed by atoms with Crippen LogP contribution in [0.5, 0.6) is 5.75 Å². The predicted molar refractivity (Wildman–Crippen MR) is 74.7 cm³/mol. The number of aliphatic hydroxyl groups is 1. The van der Waals surface area contributed by atoms with E-state index in [0.717, 1.165) is 11.1 Å². The molecule has 1 heterocycles. The molecule has 1 aliphatic heterocycles. The lowest BCUT2D eigenvalue weighted by atomic mass is 10.1. The van der Waals surface area contributed by atoms with Gasteiger partial charge in [-0.15, -0.1) is 0 Å². The van der Waals surface area contributed by atoms with E-state index in [1.165, 1.54) is 0 Å². The van der Waals surface area contributed by atoms with Crippen LogP contribution in [0.1, 0.15) is 24.2 Å². The van der Waals surface area contributed by atoms with E-state index >= 15 is 0 Å². The number of aryl methyl sites for hydroxylation is 1. The van der Waals surface area contributed by atoms with Crippen LogP contribution in [0.4, 0.5) is 0 Å². The Kier molecular flexibility index (Phi) is 4.98. The molecule has 0 aliphatic carbocycles. The Morgan fingerprint density at radius 1 is 1.45 bits per heavy atom. The molecule has 20 heavy (non-hydrogen) atoms. The molecule has 1 aliphatic rings. The van der Waals surface area contributed by atoms with Crippen LogP contribution >= 0.6 is 0 Å². The van der Waals surface area contributed by atoms with Crippen molar-refractivity contribution < 1.29 is 19.4 Å². The standard InChI is InChI=1S/C15H21NO4/c1-11-9-13(12(2)17)3-4-14(11)20-10-15(18)16-5-7-19-8-6-16/h3-4,9,12,17H,5-8,10H2,1-2H3/t12-/m1/s1. The molecular formula is C15H21NO4. The number of amides is 1. The molecule has 1 amide bonds. The Morgan fingerprint density at radius 3 is 2.75 bits per heavy atom. The van der Waals surface area contributed by atoms with Gasteiger partial charge >= 0.3 is 0 Å². The maximum Gasteiger partial charge on any atom is 0.260 e. The van der Waals surface area contributed by atoms with Crippen LogP contribution in [-0.2, 0) is 9.53 Å². The van der Waals surface area contributed by atoms with Crippen LogP contribution in [0.25, 0.3) is 0 Å². The molecule has 1 fully saturated rings. The molecule has 0 spiro atoms. The fraction of sp³-hybridized carbons (Fsp3) is 0.533. The maximum absolute atomic E-state index is 12.0. The van der Waals surface area contributed by atoms with Gasteiger partial charge < -0.3 is 19.5 Å². The molecule has 1 N–H and O–H groups in total. The van der Waals surface area contributed by atoms with Crippen molar-refractivity contribution in [2.24, 2.45) is 0 Å². The fourth-order valence-corrected chi connectivity index (χ4v) is 2.14. The largest absolute Gasteiger partial charge is 0.484 e. The van der Waals surface area contributed by atoms with Gasteiger partial charge in [0.2, 0.25) is 0 Å². The van der Waals surface area contributed by atoms with E-state index in [1.54, 1.807) is 17.9 Å². The summed E-state index contributed by atoms with van der Waals surface area (Å²) < 4.78 is 10.8. The topological polar surface area (TPSA) is 59.0 Å². The van der Waals surface area contributed by atoms with Gasteiger partial charge in [-0.25, -0.2) is 0 Å². The number of hydrogen-bond donors (Lipinski definition) is 1. The minimum absolute atomic E-state index is 0.0210. The van der Waals surface area contributed by atoms with Crippen LogP contribution in [0.3, 0.4) is 0 Å². The van der Waals surface area contributed by atoms with Crippen LogP contribution in [-0.4, -0.2) is 48.8 Å². The van der Waals surface area contributed by atoms with Gasteiger partial charge in [-0.3, -0.25) is 4.79 Å². The first kappa shape index (κ1) is 14.8. The van der Waals surface area contributed by atoms with E-state index in [4.69, 9.17) is 9.47 Å². The number of carbonyl (C=O) groups excluding carboxylic acids is 1. The number of hydrogen-bond acceptors (Lipinski definition) is 4. The highest BCUT2D eigenvalue weighted by molar-refractivity contribution is 5.77. The molecular weight excluding hydrogens is 258 g/mol. The fourth-order valence-electron chi connectivity index (χ4n) is 2.14. The van der Waals surface area contributed by atoms with Crippen molar-refractivity contribution in [3.05, 3.63) is 29.3 Å². The average molecular weight is 279 g/mol. The zero-order valence-corrected chi connectivity index (χ0v) is 12.0. The third-order valence-electron chi connectivity index (χ3n) is 3.40. The Hall–Kier alpha value is -1.59. The number of aliphatic hydroxyl groups excluding tert-OH is 1. The van der Waals surface area contributed by atoms with Crippen molar-refractivity contribution in [1.29, 1.82) is 0 Å². The number of rotatable bonds is 4. The van der Waals surface area contributed by atoms with Crippen molar-refractivity contribution in [2.75, 3.05) is 32.9 Å². The number of carbonyl (C=O) groups is 1. The minimum Gasteiger partial charge on any atom is -0.484 e. The zero-order chi connectivity index (χ0) is 14.5. The molecule has 1 aromatic rings. The molecule has 2 rings (SSSR count). The lowest BCUT2D eigenvalue weighted by Crippen LogP contribution is -2.43. The van der Waals surface area contributed by atoms with E-state index in [0.29, 0.717) is 32.1 Å². The smallest absolute Gasteiger partial charge is 0.260 e. The number of benzene rings is 1. The second kappa shape index (κ2) is 6.72. The predicted octanol–water partition coefficient (Wildman–Crippen LogP) is 1.29. The van der Waals surface area contributed by atoms with Gasteiger partial charge in [0.25, 0.3) is 5.91 Å². The summed E-state index contributed by atoms with van der Waals surface area (Å²) in [6.07, 6.45) is -0.502. The summed E-state index contributed by atoms with van der Waals surface area (Å²) in [5, 5.41) is 9.51. The lowest BCUT2D eigenvalue weighted by molar-refractivity contribution is -0.137. The van der Waals surface area contributed by atoms with Gasteiger partial charge in [-0.2, -0.15) is 0 Å². The summed E-state index contributed by atoms with van der Waals surface area (Å²) in [5.41, 5.74) is 1.76. The van der Waals surface area contributed by atoms with Crippen molar-refractivity contribution >= 4 is 5.91 Å². The van der Waals surface area contributed by atoms with Crippen molar-refractivity contribution in [3.8, 4) is 5.75 Å². The van der Waals surface area contributed by atoms with Gasteiger partial charge in [-0.05, 0) is 37.1 Å². The van der Waals surface area contributed by atoms with Crippen LogP contribution in [0, 0.1) is 6.92 Å². The molecule has 110 valence electrons. The molecule has 0 bridgehead atoms. The molecule has 0 aromatic heterocycles. The summed E-state index contributed by atoms with van der Waals surface area (Å²) in [4.78, 5) is 13.7. The molecule has 1 saturated heterocycles. The van der Waals surface area contributed by atoms with Gasteiger partial charge in [-0.1, -0.05) is 6.07 Å². The highest BCUT2D eigenvalue weighted by Crippen LogP contribution is 2.22. The van der Waals surface area contributed by atoms with Gasteiger partial charge in [0.05, 0.1) is 19.3 Å². The van der Waals surface area contributed by atoms with Crippen LogP contribution in [0.15, 0.2) is 18.2 Å². The number of nitrogens with zero attached hydrogens (tertiary/aromatic N) is 1. The second-order valence-corrected chi connectivity index (χ2v) is 4.98. The third kappa shape index (κ3) is 3.71. The molecule has 1 aromatic carbocycles. The van der Waals surface area contributed by atoms with Crippen molar-refractivity contribution in [3.63, 3.8) is 0 Å². The minimum atomic E-state index is -0.502. The molecule has 1 atom stereocenters. The maximum atomic E-state index is 12.0. The average Bonchev–Trinajstić information content (AvgIpc) is 2.46. The van der Waals surface area contributed by atoms with Crippen molar-refractivity contribution in [2.45, 2.75) is 20.0 Å². The second-order valence-electron chi connectivity index (χ2n) is 4.98. The number of morpholine rings is 1. The number of ether oxygens (including phenoxy) is 2. The summed E-state index contributed by atoms with van der Waals surface area (Å²) >= 11 is 0. The third-order valence-corrected chi connectivity index (χ3v) is 3.40. The summed E-state index contributed by atoms with van der Waals surface area (Å²) in [6, 6.07) is 5.48. The highest BCUT2D eigenvalue weighted by atomic mass is 16.5. The molecule has 0 unspecified atom stereocenters. The Balaban J connectivity index is 1.91. The Morgan fingerprint density at radius 2 is 2.15 bits per heavy atom. The molecule has 5 heteroatoms. The zero-order valence-electron chi connectivity index (χ0n) is 12.0. The lowest BCUT2D eigenvalue weighted by Gasteiger charge is -2.26. The van der Waals surface area contributed by atoms with Gasteiger partial charge in [0, 0.05) is 13.1 Å².